The number of benzene rings is 2. The number of hydrogen-bond donors (Lipinski definition) is 1. The van der Waals surface area contributed by atoms with Crippen LogP contribution in [0.4, 0.5) is 5.69 Å². The van der Waals surface area contributed by atoms with E-state index in [1.54, 1.807) is 0 Å². The highest BCUT2D eigenvalue weighted by atomic mass is 16.1. The monoisotopic (exact) mass is 319 g/mol. The van der Waals surface area contributed by atoms with E-state index in [1.807, 2.05) is 30.5 Å². The predicted molar refractivity (Wildman–Crippen MR) is 101 cm³/mol. The summed E-state index contributed by atoms with van der Waals surface area (Å²) in [6.45, 7) is 8.81. The number of rotatable bonds is 4. The Labute approximate surface area is 144 Å². The summed E-state index contributed by atoms with van der Waals surface area (Å²) in [6, 6.07) is 14.3. The van der Waals surface area contributed by atoms with Crippen LogP contribution in [-0.4, -0.2) is 5.78 Å². The lowest BCUT2D eigenvalue weighted by Crippen LogP contribution is -2.05. The molecule has 2 aromatic carbocycles. The van der Waals surface area contributed by atoms with Gasteiger partial charge in [0.2, 0.25) is 0 Å². The molecular formula is C22H25NO. The maximum atomic E-state index is 12.5. The van der Waals surface area contributed by atoms with E-state index in [0.29, 0.717) is 18.3 Å². The van der Waals surface area contributed by atoms with Crippen molar-refractivity contribution in [3.8, 4) is 0 Å². The number of hydrogen-bond acceptors (Lipinski definition) is 2. The van der Waals surface area contributed by atoms with E-state index in [4.69, 9.17) is 0 Å². The molecule has 124 valence electrons. The van der Waals surface area contributed by atoms with Crippen LogP contribution in [0.1, 0.15) is 66.6 Å². The molecular weight excluding hydrogens is 294 g/mol. The zero-order chi connectivity index (χ0) is 17.3. The van der Waals surface area contributed by atoms with Gasteiger partial charge in [-0.1, -0.05) is 70.2 Å². The van der Waals surface area contributed by atoms with Crippen molar-refractivity contribution in [2.45, 2.75) is 46.0 Å². The Morgan fingerprint density at radius 3 is 2.12 bits per heavy atom. The van der Waals surface area contributed by atoms with Crippen LogP contribution in [0.25, 0.3) is 0 Å². The van der Waals surface area contributed by atoms with Crippen LogP contribution in [0.15, 0.2) is 54.2 Å². The second-order valence-corrected chi connectivity index (χ2v) is 7.10. The minimum atomic E-state index is 0.145. The third-order valence-corrected chi connectivity index (χ3v) is 4.70. The highest BCUT2D eigenvalue weighted by Gasteiger charge is 2.24. The first-order valence-electron chi connectivity index (χ1n) is 8.70. The Kier molecular flexibility index (Phi) is 4.57. The molecule has 2 nitrogen and oxygen atoms in total. The highest BCUT2D eigenvalue weighted by molar-refractivity contribution is 6.13. The third-order valence-electron chi connectivity index (χ3n) is 4.70. The molecule has 0 amide bonds. The van der Waals surface area contributed by atoms with Gasteiger partial charge in [-0.05, 0) is 28.5 Å². The van der Waals surface area contributed by atoms with Crippen LogP contribution in [0.5, 0.6) is 0 Å². The Balaban J connectivity index is 1.94. The Morgan fingerprint density at radius 1 is 0.917 bits per heavy atom. The number of ketones is 1. The van der Waals surface area contributed by atoms with Crippen LogP contribution in [0, 0.1) is 0 Å². The van der Waals surface area contributed by atoms with Gasteiger partial charge >= 0.3 is 0 Å². The summed E-state index contributed by atoms with van der Waals surface area (Å²) in [5.74, 6) is 1.01. The molecule has 0 aliphatic heterocycles. The van der Waals surface area contributed by atoms with E-state index in [0.717, 1.165) is 22.4 Å². The first kappa shape index (κ1) is 16.5. The molecule has 1 aliphatic carbocycles. The lowest BCUT2D eigenvalue weighted by molar-refractivity contribution is 0.103. The molecule has 0 unspecified atom stereocenters. The summed E-state index contributed by atoms with van der Waals surface area (Å²) in [6.07, 6.45) is 2.62. The van der Waals surface area contributed by atoms with E-state index in [1.165, 1.54) is 11.1 Å². The molecule has 0 atom stereocenters. The fourth-order valence-electron chi connectivity index (χ4n) is 3.35. The van der Waals surface area contributed by atoms with Crippen molar-refractivity contribution >= 4 is 11.5 Å². The summed E-state index contributed by atoms with van der Waals surface area (Å²) in [5, 5.41) is 3.47. The van der Waals surface area contributed by atoms with Crippen LogP contribution >= 0.6 is 0 Å². The summed E-state index contributed by atoms with van der Waals surface area (Å²) < 4.78 is 0. The second-order valence-electron chi connectivity index (χ2n) is 7.10. The minimum absolute atomic E-state index is 0.145. The Morgan fingerprint density at radius 2 is 1.54 bits per heavy atom. The average Bonchev–Trinajstić information content (AvgIpc) is 2.89. The van der Waals surface area contributed by atoms with Gasteiger partial charge in [0.1, 0.15) is 0 Å². The van der Waals surface area contributed by atoms with Crippen molar-refractivity contribution < 1.29 is 4.79 Å². The van der Waals surface area contributed by atoms with Crippen LogP contribution < -0.4 is 5.32 Å². The molecule has 0 radical (unpaired) electrons. The summed E-state index contributed by atoms with van der Waals surface area (Å²) >= 11 is 0. The normalized spacial score (nSPS) is 15.4. The quantitative estimate of drug-likeness (QED) is 0.736. The number of allylic oxidation sites excluding steroid dienone is 1. The molecule has 24 heavy (non-hydrogen) atoms. The van der Waals surface area contributed by atoms with Gasteiger partial charge in [-0.25, -0.2) is 0 Å². The topological polar surface area (TPSA) is 29.1 Å². The molecule has 0 fully saturated rings. The number of fused-ring (bicyclic) bond motifs is 1. The second kappa shape index (κ2) is 6.64. The van der Waals surface area contributed by atoms with Crippen molar-refractivity contribution in [1.82, 2.24) is 0 Å². The third kappa shape index (κ3) is 3.01. The first-order valence-corrected chi connectivity index (χ1v) is 8.70. The number of carbonyl (C=O) groups is 1. The zero-order valence-corrected chi connectivity index (χ0v) is 14.9. The van der Waals surface area contributed by atoms with Gasteiger partial charge in [-0.3, -0.25) is 4.79 Å². The predicted octanol–water partition coefficient (Wildman–Crippen LogP) is 5.67. The zero-order valence-electron chi connectivity index (χ0n) is 14.9. The maximum Gasteiger partial charge on any atom is 0.191 e. The summed E-state index contributed by atoms with van der Waals surface area (Å²) in [7, 11) is 0. The van der Waals surface area contributed by atoms with Crippen molar-refractivity contribution in [2.24, 2.45) is 0 Å². The average molecular weight is 319 g/mol. The van der Waals surface area contributed by atoms with E-state index in [2.05, 4.69) is 51.2 Å². The standard InChI is InChI=1S/C22H25NO/c1-14(2)18-10-7-11-19(15(3)4)21(18)23-13-17-12-16-8-5-6-9-20(16)22(17)24/h5-11,13-15,23H,12H2,1-4H3/b17-13+. The molecule has 0 heterocycles. The molecule has 1 N–H and O–H groups in total. The largest absolute Gasteiger partial charge is 0.361 e. The lowest BCUT2D eigenvalue weighted by Gasteiger charge is -2.19. The number of Topliss-reactive ketones (excluding diaryl/α,β-unsaturated/α-hetero) is 1. The van der Waals surface area contributed by atoms with Gasteiger partial charge in [0.25, 0.3) is 0 Å². The van der Waals surface area contributed by atoms with Crippen molar-refractivity contribution in [3.05, 3.63) is 76.5 Å². The molecule has 3 rings (SSSR count). The first-order chi connectivity index (χ1) is 11.5. The van der Waals surface area contributed by atoms with Crippen LogP contribution in [-0.2, 0) is 6.42 Å². The van der Waals surface area contributed by atoms with E-state index in [-0.39, 0.29) is 5.78 Å². The fraction of sp³-hybridized carbons (Fsp3) is 0.318. The molecule has 0 spiro atoms. The lowest BCUT2D eigenvalue weighted by atomic mass is 9.92. The van der Waals surface area contributed by atoms with Crippen molar-refractivity contribution in [3.63, 3.8) is 0 Å². The van der Waals surface area contributed by atoms with Gasteiger partial charge in [-0.15, -0.1) is 0 Å². The molecule has 2 heteroatoms. The number of nitrogens with one attached hydrogen (secondary N) is 1. The van der Waals surface area contributed by atoms with Crippen molar-refractivity contribution in [1.29, 1.82) is 0 Å². The van der Waals surface area contributed by atoms with Gasteiger partial charge in [0.05, 0.1) is 0 Å². The van der Waals surface area contributed by atoms with E-state index in [9.17, 15) is 4.79 Å². The Hall–Kier alpha value is -2.35. The molecule has 1 aliphatic rings. The fourth-order valence-corrected chi connectivity index (χ4v) is 3.35. The van der Waals surface area contributed by atoms with Gasteiger partial charge in [0, 0.05) is 29.4 Å². The molecule has 0 saturated carbocycles. The number of para-hydroxylation sites is 1. The van der Waals surface area contributed by atoms with Crippen molar-refractivity contribution in [2.75, 3.05) is 5.32 Å². The summed E-state index contributed by atoms with van der Waals surface area (Å²) in [4.78, 5) is 12.5. The van der Waals surface area contributed by atoms with Crippen LogP contribution in [0.2, 0.25) is 0 Å². The SMILES string of the molecule is CC(C)c1cccc(C(C)C)c1N/C=C1\Cc2ccccc2C1=O. The molecule has 0 saturated heterocycles. The number of carbonyl (C=O) groups excluding carboxylic acids is 1. The molecule has 0 aromatic heterocycles. The van der Waals surface area contributed by atoms with Crippen LogP contribution in [0.3, 0.4) is 0 Å². The number of anilines is 1. The Bertz CT molecular complexity index is 773. The van der Waals surface area contributed by atoms with Gasteiger partial charge < -0.3 is 5.32 Å². The molecule has 0 bridgehead atoms. The smallest absolute Gasteiger partial charge is 0.191 e. The minimum Gasteiger partial charge on any atom is -0.361 e. The maximum absolute atomic E-state index is 12.5. The molecule has 2 aromatic rings. The van der Waals surface area contributed by atoms with E-state index < -0.39 is 0 Å². The van der Waals surface area contributed by atoms with E-state index >= 15 is 0 Å². The van der Waals surface area contributed by atoms with Gasteiger partial charge in [0.15, 0.2) is 5.78 Å². The summed E-state index contributed by atoms with van der Waals surface area (Å²) in [5.41, 5.74) is 6.54. The van der Waals surface area contributed by atoms with Gasteiger partial charge in [-0.2, -0.15) is 0 Å². The highest BCUT2D eigenvalue weighted by Crippen LogP contribution is 2.33.